The van der Waals surface area contributed by atoms with Crippen molar-refractivity contribution in [3.05, 3.63) is 0 Å². The summed E-state index contributed by atoms with van der Waals surface area (Å²) in [6.45, 7) is 0.781. The molecule has 3 nitrogen and oxygen atoms in total. The van der Waals surface area contributed by atoms with Gasteiger partial charge in [0.1, 0.15) is 0 Å². The SMILES string of the molecule is CS(=O)(=O)N1C[C@@H]2CCCC[C@@H]21. The van der Waals surface area contributed by atoms with Gasteiger partial charge in [0.15, 0.2) is 0 Å². The molecule has 2 atom stereocenters. The number of rotatable bonds is 1. The van der Waals surface area contributed by atoms with Crippen LogP contribution < -0.4 is 0 Å². The lowest BCUT2D eigenvalue weighted by Crippen LogP contribution is -2.59. The molecule has 70 valence electrons. The van der Waals surface area contributed by atoms with E-state index in [0.717, 1.165) is 13.0 Å². The van der Waals surface area contributed by atoms with E-state index < -0.39 is 10.0 Å². The second-order valence-corrected chi connectivity index (χ2v) is 5.88. The van der Waals surface area contributed by atoms with Gasteiger partial charge in [-0.15, -0.1) is 0 Å². The number of hydrogen-bond acceptors (Lipinski definition) is 2. The Morgan fingerprint density at radius 3 is 2.50 bits per heavy atom. The van der Waals surface area contributed by atoms with Gasteiger partial charge in [0.2, 0.25) is 10.0 Å². The van der Waals surface area contributed by atoms with Crippen molar-refractivity contribution in [1.29, 1.82) is 0 Å². The molecule has 0 amide bonds. The van der Waals surface area contributed by atoms with E-state index >= 15 is 0 Å². The van der Waals surface area contributed by atoms with Crippen molar-refractivity contribution in [2.24, 2.45) is 5.92 Å². The molecule has 0 aromatic carbocycles. The van der Waals surface area contributed by atoms with Crippen molar-refractivity contribution < 1.29 is 8.42 Å². The third-order valence-corrected chi connectivity index (χ3v) is 4.35. The van der Waals surface area contributed by atoms with Gasteiger partial charge in [-0.3, -0.25) is 0 Å². The molecule has 2 aliphatic rings. The van der Waals surface area contributed by atoms with Gasteiger partial charge in [0.05, 0.1) is 6.26 Å². The second kappa shape index (κ2) is 2.70. The Balaban J connectivity index is 2.06. The Hall–Kier alpha value is -0.0900. The molecular weight excluding hydrogens is 174 g/mol. The van der Waals surface area contributed by atoms with E-state index in [1.54, 1.807) is 4.31 Å². The highest BCUT2D eigenvalue weighted by Gasteiger charge is 2.44. The Labute approximate surface area is 73.8 Å². The van der Waals surface area contributed by atoms with Gasteiger partial charge in [-0.05, 0) is 18.8 Å². The molecule has 0 aromatic rings. The van der Waals surface area contributed by atoms with Gasteiger partial charge in [-0.2, -0.15) is 4.31 Å². The van der Waals surface area contributed by atoms with Crippen molar-refractivity contribution in [2.45, 2.75) is 31.7 Å². The summed E-state index contributed by atoms with van der Waals surface area (Å²) in [7, 11) is -2.90. The molecule has 0 N–H and O–H groups in total. The number of sulfonamides is 1. The van der Waals surface area contributed by atoms with E-state index in [-0.39, 0.29) is 0 Å². The van der Waals surface area contributed by atoms with Gasteiger partial charge >= 0.3 is 0 Å². The van der Waals surface area contributed by atoms with Crippen molar-refractivity contribution in [2.75, 3.05) is 12.8 Å². The topological polar surface area (TPSA) is 37.4 Å². The van der Waals surface area contributed by atoms with Gasteiger partial charge in [0.25, 0.3) is 0 Å². The van der Waals surface area contributed by atoms with E-state index in [9.17, 15) is 8.42 Å². The lowest BCUT2D eigenvalue weighted by Gasteiger charge is -2.49. The molecular formula is C8H15NO2S. The lowest BCUT2D eigenvalue weighted by atomic mass is 9.79. The van der Waals surface area contributed by atoms with Crippen LogP contribution in [-0.2, 0) is 10.0 Å². The van der Waals surface area contributed by atoms with Gasteiger partial charge in [-0.1, -0.05) is 12.8 Å². The van der Waals surface area contributed by atoms with Crippen LogP contribution >= 0.6 is 0 Å². The zero-order valence-electron chi connectivity index (χ0n) is 7.36. The first kappa shape index (κ1) is 8.51. The first-order valence-corrected chi connectivity index (χ1v) is 6.40. The summed E-state index contributed by atoms with van der Waals surface area (Å²) in [6, 6.07) is 0.355. The van der Waals surface area contributed by atoms with E-state index in [1.807, 2.05) is 0 Å². The van der Waals surface area contributed by atoms with Crippen molar-refractivity contribution >= 4 is 10.0 Å². The number of nitrogens with zero attached hydrogens (tertiary/aromatic N) is 1. The minimum absolute atomic E-state index is 0.355. The molecule has 2 rings (SSSR count). The first-order valence-electron chi connectivity index (χ1n) is 4.56. The first-order chi connectivity index (χ1) is 5.59. The van der Waals surface area contributed by atoms with E-state index in [0.29, 0.717) is 12.0 Å². The van der Waals surface area contributed by atoms with Gasteiger partial charge in [0, 0.05) is 12.6 Å². The molecule has 4 heteroatoms. The van der Waals surface area contributed by atoms with E-state index in [4.69, 9.17) is 0 Å². The van der Waals surface area contributed by atoms with Crippen molar-refractivity contribution in [3.8, 4) is 0 Å². The predicted octanol–water partition coefficient (Wildman–Crippen LogP) is 0.820. The average Bonchev–Trinajstić information content (AvgIpc) is 1.88. The fraction of sp³-hybridized carbons (Fsp3) is 1.00. The summed E-state index contributed by atoms with van der Waals surface area (Å²) in [5.74, 6) is 0.675. The zero-order valence-corrected chi connectivity index (χ0v) is 8.18. The maximum absolute atomic E-state index is 11.2. The molecule has 2 fully saturated rings. The van der Waals surface area contributed by atoms with Crippen molar-refractivity contribution in [3.63, 3.8) is 0 Å². The molecule has 1 saturated carbocycles. The molecule has 1 saturated heterocycles. The van der Waals surface area contributed by atoms with Crippen LogP contribution in [0.2, 0.25) is 0 Å². The normalized spacial score (nSPS) is 37.1. The maximum Gasteiger partial charge on any atom is 0.211 e. The van der Waals surface area contributed by atoms with Crippen LogP contribution in [0.25, 0.3) is 0 Å². The third kappa shape index (κ3) is 1.27. The predicted molar refractivity (Wildman–Crippen MR) is 47.3 cm³/mol. The Morgan fingerprint density at radius 1 is 1.25 bits per heavy atom. The smallest absolute Gasteiger partial charge is 0.211 e. The minimum Gasteiger partial charge on any atom is -0.212 e. The molecule has 0 spiro atoms. The highest BCUT2D eigenvalue weighted by atomic mass is 32.2. The summed E-state index contributed by atoms with van der Waals surface area (Å²) < 4.78 is 24.1. The van der Waals surface area contributed by atoms with Crippen LogP contribution in [0.4, 0.5) is 0 Å². The van der Waals surface area contributed by atoms with E-state index in [2.05, 4.69) is 0 Å². The van der Waals surface area contributed by atoms with Crippen molar-refractivity contribution in [1.82, 2.24) is 4.31 Å². The summed E-state index contributed by atoms with van der Waals surface area (Å²) in [4.78, 5) is 0. The van der Waals surface area contributed by atoms with Crippen LogP contribution in [0.15, 0.2) is 0 Å². The van der Waals surface area contributed by atoms with Crippen LogP contribution in [0.5, 0.6) is 0 Å². The molecule has 1 aliphatic carbocycles. The summed E-state index contributed by atoms with van der Waals surface area (Å²) in [5, 5.41) is 0. The van der Waals surface area contributed by atoms with Crippen LogP contribution in [0.1, 0.15) is 25.7 Å². The highest BCUT2D eigenvalue weighted by molar-refractivity contribution is 7.88. The minimum atomic E-state index is -2.90. The fourth-order valence-corrected chi connectivity index (χ4v) is 3.62. The molecule has 0 radical (unpaired) electrons. The molecule has 0 bridgehead atoms. The van der Waals surface area contributed by atoms with E-state index in [1.165, 1.54) is 25.5 Å². The Morgan fingerprint density at radius 2 is 1.92 bits per heavy atom. The highest BCUT2D eigenvalue weighted by Crippen LogP contribution is 2.38. The summed E-state index contributed by atoms with van der Waals surface area (Å²) in [6.07, 6.45) is 6.12. The fourth-order valence-electron chi connectivity index (χ4n) is 2.39. The summed E-state index contributed by atoms with van der Waals surface area (Å²) in [5.41, 5.74) is 0. The third-order valence-electron chi connectivity index (χ3n) is 3.08. The molecule has 1 heterocycles. The Kier molecular flexibility index (Phi) is 1.92. The largest absolute Gasteiger partial charge is 0.212 e. The quantitative estimate of drug-likeness (QED) is 0.612. The monoisotopic (exact) mass is 189 g/mol. The van der Waals surface area contributed by atoms with Crippen LogP contribution in [0.3, 0.4) is 0 Å². The number of hydrogen-bond donors (Lipinski definition) is 0. The van der Waals surface area contributed by atoms with Crippen LogP contribution in [-0.4, -0.2) is 31.6 Å². The maximum atomic E-state index is 11.2. The molecule has 0 unspecified atom stereocenters. The molecule has 0 aromatic heterocycles. The standard InChI is InChI=1S/C8H15NO2S/c1-12(10,11)9-6-7-4-2-3-5-8(7)9/h7-8H,2-6H2,1H3/t7-,8-/m0/s1. The number of fused-ring (bicyclic) bond motifs is 1. The average molecular weight is 189 g/mol. The second-order valence-electron chi connectivity index (χ2n) is 3.94. The molecule has 12 heavy (non-hydrogen) atoms. The zero-order chi connectivity index (χ0) is 8.77. The van der Waals surface area contributed by atoms with Crippen LogP contribution in [0, 0.1) is 5.92 Å². The lowest BCUT2D eigenvalue weighted by molar-refractivity contribution is 0.0609. The Bertz CT molecular complexity index is 273. The summed E-state index contributed by atoms with van der Waals surface area (Å²) >= 11 is 0. The molecule has 1 aliphatic heterocycles. The van der Waals surface area contributed by atoms with Gasteiger partial charge in [-0.25, -0.2) is 8.42 Å². The van der Waals surface area contributed by atoms with Gasteiger partial charge < -0.3 is 0 Å².